The zero-order valence-electron chi connectivity index (χ0n) is 23.8. The molecule has 42 heavy (non-hydrogen) atoms. The summed E-state index contributed by atoms with van der Waals surface area (Å²) in [4.78, 5) is 6.93. The van der Waals surface area contributed by atoms with Crippen LogP contribution in [0.25, 0.3) is 27.8 Å². The van der Waals surface area contributed by atoms with E-state index in [1.807, 2.05) is 65.9 Å². The minimum absolute atomic E-state index is 0.249. The van der Waals surface area contributed by atoms with Gasteiger partial charge < -0.3 is 9.64 Å². The fraction of sp³-hybridized carbons (Fsp3) is 0.290. The molecule has 0 aliphatic carbocycles. The minimum Gasteiger partial charge on any atom is -0.497 e. The molecule has 0 unspecified atom stereocenters. The summed E-state index contributed by atoms with van der Waals surface area (Å²) in [7, 11) is -0.643. The van der Waals surface area contributed by atoms with Gasteiger partial charge in [0.15, 0.2) is 0 Å². The van der Waals surface area contributed by atoms with Crippen LogP contribution in [0.4, 0.5) is 5.82 Å². The van der Waals surface area contributed by atoms with Crippen LogP contribution in [0, 0.1) is 11.3 Å². The zero-order chi connectivity index (χ0) is 29.3. The van der Waals surface area contributed by atoms with Crippen molar-refractivity contribution >= 4 is 21.1 Å². The second kappa shape index (κ2) is 11.3. The average Bonchev–Trinajstić information content (AvgIpc) is 3.68. The molecule has 214 valence electrons. The molecule has 11 heteroatoms. The van der Waals surface area contributed by atoms with Crippen LogP contribution in [0.15, 0.2) is 77.8 Å². The van der Waals surface area contributed by atoms with Crippen molar-refractivity contribution in [2.75, 3.05) is 36.6 Å². The largest absolute Gasteiger partial charge is 0.497 e. The number of methoxy groups -OCH3 is 1. The van der Waals surface area contributed by atoms with Crippen LogP contribution in [-0.4, -0.2) is 60.3 Å². The monoisotopic (exact) mass is 580 g/mol. The van der Waals surface area contributed by atoms with Gasteiger partial charge in [0.25, 0.3) is 0 Å². The van der Waals surface area contributed by atoms with Crippen LogP contribution >= 0.6 is 0 Å². The first-order chi connectivity index (χ1) is 20.4. The SMILES string of the molecule is COc1ccc(CN=S2(=O)CCN(c3ccc(-c4cc(-c5cnn(C(C)C)c5)cn5ncc(C#N)c45)cn3)CC2)cc1. The molecule has 0 saturated carbocycles. The highest BCUT2D eigenvalue weighted by Gasteiger charge is 2.22. The lowest BCUT2D eigenvalue weighted by Crippen LogP contribution is -2.40. The Labute approximate surface area is 245 Å². The molecule has 6 rings (SSSR count). The molecule has 0 N–H and O–H groups in total. The maximum Gasteiger partial charge on any atom is 0.128 e. The minimum atomic E-state index is -2.28. The zero-order valence-corrected chi connectivity index (χ0v) is 24.7. The van der Waals surface area contributed by atoms with E-state index in [1.165, 1.54) is 0 Å². The highest BCUT2D eigenvalue weighted by Crippen LogP contribution is 2.32. The quantitative estimate of drug-likeness (QED) is 0.260. The molecule has 1 aliphatic heterocycles. The van der Waals surface area contributed by atoms with E-state index in [-0.39, 0.29) is 6.04 Å². The summed E-state index contributed by atoms with van der Waals surface area (Å²) in [6.45, 7) is 5.85. The first kappa shape index (κ1) is 27.5. The van der Waals surface area contributed by atoms with Crippen molar-refractivity contribution in [3.05, 3.63) is 84.6 Å². The number of rotatable bonds is 7. The smallest absolute Gasteiger partial charge is 0.128 e. The van der Waals surface area contributed by atoms with Gasteiger partial charge in [0.2, 0.25) is 0 Å². The van der Waals surface area contributed by atoms with Gasteiger partial charge in [-0.2, -0.15) is 15.5 Å². The first-order valence-corrected chi connectivity index (χ1v) is 15.7. The van der Waals surface area contributed by atoms with Gasteiger partial charge in [-0.1, -0.05) is 12.1 Å². The summed E-state index contributed by atoms with van der Waals surface area (Å²) in [5.41, 5.74) is 5.94. The van der Waals surface area contributed by atoms with Crippen molar-refractivity contribution in [2.45, 2.75) is 26.4 Å². The van der Waals surface area contributed by atoms with Crippen molar-refractivity contribution in [1.29, 1.82) is 5.26 Å². The molecule has 1 aromatic carbocycles. The van der Waals surface area contributed by atoms with E-state index >= 15 is 0 Å². The molecular formula is C31H32N8O2S. The van der Waals surface area contributed by atoms with Crippen LogP contribution in [0.3, 0.4) is 0 Å². The average molecular weight is 581 g/mol. The van der Waals surface area contributed by atoms with Crippen molar-refractivity contribution < 1.29 is 8.95 Å². The number of fused-ring (bicyclic) bond motifs is 1. The molecule has 4 aromatic heterocycles. The highest BCUT2D eigenvalue weighted by atomic mass is 32.2. The van der Waals surface area contributed by atoms with Gasteiger partial charge in [-0.05, 0) is 49.7 Å². The second-order valence-electron chi connectivity index (χ2n) is 10.6. The predicted molar refractivity (Wildman–Crippen MR) is 164 cm³/mol. The number of pyridine rings is 2. The van der Waals surface area contributed by atoms with Crippen LogP contribution in [-0.2, 0) is 16.3 Å². The highest BCUT2D eigenvalue weighted by molar-refractivity contribution is 7.93. The van der Waals surface area contributed by atoms with Crippen LogP contribution < -0.4 is 9.64 Å². The number of nitrogens with zero attached hydrogens (tertiary/aromatic N) is 8. The molecule has 0 bridgehead atoms. The van der Waals surface area contributed by atoms with E-state index in [2.05, 4.69) is 45.4 Å². The maximum atomic E-state index is 13.4. The molecule has 0 atom stereocenters. The van der Waals surface area contributed by atoms with Crippen molar-refractivity contribution in [3.63, 3.8) is 0 Å². The topological polar surface area (TPSA) is 114 Å². The van der Waals surface area contributed by atoms with Crippen molar-refractivity contribution in [1.82, 2.24) is 24.4 Å². The number of anilines is 1. The molecule has 0 radical (unpaired) electrons. The van der Waals surface area contributed by atoms with Crippen LogP contribution in [0.2, 0.25) is 0 Å². The summed E-state index contributed by atoms with van der Waals surface area (Å²) in [5.74, 6) is 2.62. The molecular weight excluding hydrogens is 548 g/mol. The number of hydrogen-bond acceptors (Lipinski definition) is 8. The van der Waals surface area contributed by atoms with Gasteiger partial charge in [-0.15, -0.1) is 0 Å². The lowest BCUT2D eigenvalue weighted by atomic mass is 10.0. The Morgan fingerprint density at radius 3 is 2.43 bits per heavy atom. The Hall–Kier alpha value is -4.69. The summed E-state index contributed by atoms with van der Waals surface area (Å²) in [6.07, 6.45) is 9.21. The molecule has 5 aromatic rings. The summed E-state index contributed by atoms with van der Waals surface area (Å²) in [6, 6.07) is 16.3. The van der Waals surface area contributed by atoms with E-state index in [0.717, 1.165) is 44.9 Å². The van der Waals surface area contributed by atoms with Gasteiger partial charge in [0, 0.05) is 71.5 Å². The molecule has 10 nitrogen and oxygen atoms in total. The first-order valence-electron chi connectivity index (χ1n) is 13.8. The Morgan fingerprint density at radius 1 is 1.00 bits per heavy atom. The van der Waals surface area contributed by atoms with E-state index in [1.54, 1.807) is 17.8 Å². The third-order valence-electron chi connectivity index (χ3n) is 7.58. The van der Waals surface area contributed by atoms with E-state index < -0.39 is 9.73 Å². The van der Waals surface area contributed by atoms with Crippen molar-refractivity contribution in [2.24, 2.45) is 4.36 Å². The van der Waals surface area contributed by atoms with E-state index in [9.17, 15) is 9.47 Å². The Kier molecular flexibility index (Phi) is 7.39. The van der Waals surface area contributed by atoms with Gasteiger partial charge in [-0.25, -0.2) is 18.1 Å². The van der Waals surface area contributed by atoms with Crippen LogP contribution in [0.1, 0.15) is 31.0 Å². The fourth-order valence-corrected chi connectivity index (χ4v) is 6.94. The normalized spacial score (nSPS) is 14.7. The lowest BCUT2D eigenvalue weighted by Gasteiger charge is -2.29. The molecule has 0 amide bonds. The number of ether oxygens (including phenoxy) is 1. The second-order valence-corrected chi connectivity index (χ2v) is 13.2. The van der Waals surface area contributed by atoms with Gasteiger partial charge in [0.1, 0.15) is 17.6 Å². The molecule has 1 fully saturated rings. The fourth-order valence-electron chi connectivity index (χ4n) is 5.08. The lowest BCUT2D eigenvalue weighted by molar-refractivity contribution is 0.414. The van der Waals surface area contributed by atoms with Crippen molar-refractivity contribution in [3.8, 4) is 34.1 Å². The third kappa shape index (κ3) is 5.45. The Morgan fingerprint density at radius 2 is 1.79 bits per heavy atom. The molecule has 1 saturated heterocycles. The summed E-state index contributed by atoms with van der Waals surface area (Å²) >= 11 is 0. The number of hydrogen-bond donors (Lipinski definition) is 0. The number of benzene rings is 1. The van der Waals surface area contributed by atoms with E-state index in [0.29, 0.717) is 36.7 Å². The summed E-state index contributed by atoms with van der Waals surface area (Å²) in [5, 5.41) is 18.7. The van der Waals surface area contributed by atoms with Gasteiger partial charge in [0.05, 0.1) is 46.9 Å². The molecule has 5 heterocycles. The third-order valence-corrected chi connectivity index (χ3v) is 9.82. The van der Waals surface area contributed by atoms with E-state index in [4.69, 9.17) is 9.72 Å². The number of aromatic nitrogens is 5. The summed E-state index contributed by atoms with van der Waals surface area (Å²) < 4.78 is 26.9. The Balaban J connectivity index is 1.22. The predicted octanol–water partition coefficient (Wildman–Crippen LogP) is 5.21. The standard InChI is InChI=1S/C31H32N8O2S/c1-22(2)38-21-27(19-34-38)25-14-29(31-26(15-32)18-35-39(31)20-25)24-6-9-30(33-17-24)37-10-12-42(40,13-11-37)36-16-23-4-7-28(41-3)8-5-23/h4-9,14,17-22H,10-13,16H2,1-3H3. The van der Waals surface area contributed by atoms with Gasteiger partial charge >= 0.3 is 0 Å². The van der Waals surface area contributed by atoms with Gasteiger partial charge in [-0.3, -0.25) is 4.68 Å². The molecule has 1 aliphatic rings. The number of nitriles is 1. The van der Waals surface area contributed by atoms with Crippen LogP contribution in [0.5, 0.6) is 5.75 Å². The Bertz CT molecular complexity index is 1880. The maximum absolute atomic E-state index is 13.4. The molecule has 0 spiro atoms.